The number of aliphatic hydroxyl groups excluding tert-OH is 1. The Morgan fingerprint density at radius 3 is 2.45 bits per heavy atom. The van der Waals surface area contributed by atoms with Crippen LogP contribution in [0.3, 0.4) is 0 Å². The van der Waals surface area contributed by atoms with Crippen molar-refractivity contribution in [2.75, 3.05) is 0 Å². The highest BCUT2D eigenvalue weighted by Gasteiger charge is 2.64. The highest BCUT2D eigenvalue weighted by Crippen LogP contribution is 2.64. The van der Waals surface area contributed by atoms with Gasteiger partial charge in [0.2, 0.25) is 0 Å². The molecule has 4 aliphatic carbocycles. The van der Waals surface area contributed by atoms with Crippen LogP contribution in [-0.2, 0) is 23.9 Å². The van der Waals surface area contributed by atoms with Gasteiger partial charge in [-0.25, -0.2) is 0 Å². The van der Waals surface area contributed by atoms with E-state index in [1.807, 2.05) is 13.0 Å². The summed E-state index contributed by atoms with van der Waals surface area (Å²) in [6.07, 6.45) is 4.73. The smallest absolute Gasteiger partial charge is 0.303 e. The molecule has 0 heterocycles. The number of ketones is 1. The first-order valence-electron chi connectivity index (χ1n) is 10.8. The molecule has 0 amide bonds. The highest BCUT2D eigenvalue weighted by atomic mass is 16.5. The lowest BCUT2D eigenvalue weighted by atomic mass is 9.46. The fraction of sp³-hybridized carbons (Fsp3) is 0.783. The minimum atomic E-state index is -0.625. The summed E-state index contributed by atoms with van der Waals surface area (Å²) in [5.41, 5.74) is 0.314. The number of fused-ring (bicyclic) bond motifs is 5. The molecule has 6 heteroatoms. The number of carbonyl (C=O) groups is 3. The van der Waals surface area contributed by atoms with Crippen molar-refractivity contribution < 1.29 is 29.0 Å². The Kier molecular flexibility index (Phi) is 4.92. The molecule has 29 heavy (non-hydrogen) atoms. The van der Waals surface area contributed by atoms with Crippen LogP contribution in [0, 0.1) is 28.6 Å². The number of ether oxygens (including phenoxy) is 2. The summed E-state index contributed by atoms with van der Waals surface area (Å²) in [6, 6.07) is 0. The molecule has 0 bridgehead atoms. The number of aliphatic hydroxyl groups is 1. The van der Waals surface area contributed by atoms with Gasteiger partial charge in [-0.3, -0.25) is 14.4 Å². The summed E-state index contributed by atoms with van der Waals surface area (Å²) in [4.78, 5) is 36.1. The number of rotatable bonds is 2. The van der Waals surface area contributed by atoms with Crippen LogP contribution in [0.15, 0.2) is 11.6 Å². The SMILES string of the molecule is CC(=O)O[C@H]1CC[C@@]2(C)C(=C[C@H](OC(C)=O)[C@H]3C4CCC(=O)[C@@]4(C)C[C@@H](O)[C@@H]32)C1. The van der Waals surface area contributed by atoms with Crippen molar-refractivity contribution in [3.63, 3.8) is 0 Å². The number of hydrogen-bond donors (Lipinski definition) is 1. The van der Waals surface area contributed by atoms with Gasteiger partial charge in [-0.15, -0.1) is 0 Å². The van der Waals surface area contributed by atoms with Crippen molar-refractivity contribution in [2.24, 2.45) is 28.6 Å². The van der Waals surface area contributed by atoms with Gasteiger partial charge in [0.15, 0.2) is 0 Å². The first-order valence-corrected chi connectivity index (χ1v) is 10.8. The van der Waals surface area contributed by atoms with Crippen LogP contribution in [0.25, 0.3) is 0 Å². The molecule has 0 aromatic heterocycles. The van der Waals surface area contributed by atoms with E-state index in [-0.39, 0.29) is 47.0 Å². The molecule has 1 N–H and O–H groups in total. The average Bonchev–Trinajstić information content (AvgIpc) is 2.89. The number of carbonyl (C=O) groups excluding carboxylic acids is 3. The van der Waals surface area contributed by atoms with E-state index in [0.717, 1.165) is 24.8 Å². The van der Waals surface area contributed by atoms with Crippen LogP contribution in [0.4, 0.5) is 0 Å². The lowest BCUT2D eigenvalue weighted by Gasteiger charge is -2.59. The third-order valence-electron chi connectivity index (χ3n) is 8.35. The molecule has 6 nitrogen and oxygen atoms in total. The van der Waals surface area contributed by atoms with E-state index in [4.69, 9.17) is 9.47 Å². The van der Waals surface area contributed by atoms with Crippen molar-refractivity contribution in [3.05, 3.63) is 11.6 Å². The van der Waals surface area contributed by atoms with Gasteiger partial charge in [0.25, 0.3) is 0 Å². The Balaban J connectivity index is 1.76. The van der Waals surface area contributed by atoms with Gasteiger partial charge in [-0.05, 0) is 43.1 Å². The zero-order chi connectivity index (χ0) is 21.1. The molecule has 0 aromatic rings. The summed E-state index contributed by atoms with van der Waals surface area (Å²) in [6.45, 7) is 7.00. The maximum atomic E-state index is 12.7. The normalized spacial score (nSPS) is 46.1. The summed E-state index contributed by atoms with van der Waals surface area (Å²) >= 11 is 0. The zero-order valence-corrected chi connectivity index (χ0v) is 17.8. The molecule has 4 rings (SSSR count). The maximum absolute atomic E-state index is 12.7. The van der Waals surface area contributed by atoms with E-state index in [2.05, 4.69) is 6.92 Å². The van der Waals surface area contributed by atoms with Gasteiger partial charge in [0.1, 0.15) is 18.0 Å². The molecule has 0 aromatic carbocycles. The molecule has 8 atom stereocenters. The van der Waals surface area contributed by atoms with E-state index < -0.39 is 17.6 Å². The average molecular weight is 405 g/mol. The summed E-state index contributed by atoms with van der Waals surface area (Å²) in [5, 5.41) is 11.3. The molecule has 160 valence electrons. The third-order valence-corrected chi connectivity index (χ3v) is 8.35. The first kappa shape index (κ1) is 20.6. The Bertz CT molecular complexity index is 771. The minimum Gasteiger partial charge on any atom is -0.462 e. The van der Waals surface area contributed by atoms with Gasteiger partial charge in [-0.1, -0.05) is 19.4 Å². The van der Waals surface area contributed by atoms with Gasteiger partial charge >= 0.3 is 11.9 Å². The predicted molar refractivity (Wildman–Crippen MR) is 105 cm³/mol. The third kappa shape index (κ3) is 3.15. The minimum absolute atomic E-state index is 0.0712. The molecule has 0 aliphatic heterocycles. The molecule has 1 unspecified atom stereocenters. The van der Waals surface area contributed by atoms with E-state index in [9.17, 15) is 19.5 Å². The van der Waals surface area contributed by atoms with Crippen molar-refractivity contribution in [1.82, 2.24) is 0 Å². The van der Waals surface area contributed by atoms with Gasteiger partial charge in [-0.2, -0.15) is 0 Å². The van der Waals surface area contributed by atoms with Crippen LogP contribution in [0.2, 0.25) is 0 Å². The topological polar surface area (TPSA) is 89.9 Å². The van der Waals surface area contributed by atoms with Crippen LogP contribution in [-0.4, -0.2) is 41.1 Å². The Hall–Kier alpha value is -1.69. The first-order chi connectivity index (χ1) is 13.6. The summed E-state index contributed by atoms with van der Waals surface area (Å²) in [7, 11) is 0. The summed E-state index contributed by atoms with van der Waals surface area (Å²) < 4.78 is 11.2. The van der Waals surface area contributed by atoms with Gasteiger partial charge in [0, 0.05) is 43.9 Å². The molecule has 4 aliphatic rings. The lowest BCUT2D eigenvalue weighted by molar-refractivity contribution is -0.174. The molecular formula is C23H32O6. The molecular weight excluding hydrogens is 372 g/mol. The Labute approximate surface area is 172 Å². The van der Waals surface area contributed by atoms with Crippen molar-refractivity contribution in [1.29, 1.82) is 0 Å². The quantitative estimate of drug-likeness (QED) is 0.562. The molecule has 3 fully saturated rings. The molecule has 3 saturated carbocycles. The molecule has 0 spiro atoms. The van der Waals surface area contributed by atoms with E-state index in [1.54, 1.807) is 0 Å². The van der Waals surface area contributed by atoms with E-state index in [1.165, 1.54) is 13.8 Å². The fourth-order valence-corrected chi connectivity index (χ4v) is 7.12. The maximum Gasteiger partial charge on any atom is 0.303 e. The second-order valence-electron chi connectivity index (χ2n) is 10.0. The second kappa shape index (κ2) is 6.93. The van der Waals surface area contributed by atoms with E-state index >= 15 is 0 Å². The monoisotopic (exact) mass is 404 g/mol. The van der Waals surface area contributed by atoms with Crippen molar-refractivity contribution in [2.45, 2.75) is 84.5 Å². The number of hydrogen-bond acceptors (Lipinski definition) is 6. The lowest BCUT2D eigenvalue weighted by Crippen LogP contribution is -2.60. The van der Waals surface area contributed by atoms with Crippen LogP contribution >= 0.6 is 0 Å². The standard InChI is InChI=1S/C23H32O6/c1-12(24)28-15-7-8-22(3)14(9-15)10-18(29-13(2)25)20-16-5-6-19(27)23(16,4)11-17(26)21(20)22/h10,15-18,20-21,26H,5-9,11H2,1-4H3/t15-,16?,17+,18-,20+,21-,22-,23-/m0/s1. The van der Waals surface area contributed by atoms with Gasteiger partial charge < -0.3 is 14.6 Å². The predicted octanol–water partition coefficient (Wildman–Crippen LogP) is 2.96. The second-order valence-corrected chi connectivity index (χ2v) is 10.0. The summed E-state index contributed by atoms with van der Waals surface area (Å²) in [5.74, 6) is -0.462. The Morgan fingerprint density at radius 2 is 1.79 bits per heavy atom. The molecule has 0 saturated heterocycles. The van der Waals surface area contributed by atoms with Crippen molar-refractivity contribution in [3.8, 4) is 0 Å². The van der Waals surface area contributed by atoms with Crippen LogP contribution in [0.5, 0.6) is 0 Å². The zero-order valence-electron chi connectivity index (χ0n) is 17.8. The largest absolute Gasteiger partial charge is 0.462 e. The number of esters is 2. The van der Waals surface area contributed by atoms with Crippen LogP contribution in [0.1, 0.15) is 66.2 Å². The fourth-order valence-electron chi connectivity index (χ4n) is 7.12. The number of Topliss-reactive ketones (excluding diaryl/α,β-unsaturated/α-hetero) is 1. The van der Waals surface area contributed by atoms with Gasteiger partial charge in [0.05, 0.1) is 6.10 Å². The molecule has 0 radical (unpaired) electrons. The van der Waals surface area contributed by atoms with Crippen molar-refractivity contribution >= 4 is 17.7 Å². The van der Waals surface area contributed by atoms with Crippen LogP contribution < -0.4 is 0 Å². The van der Waals surface area contributed by atoms with E-state index in [0.29, 0.717) is 19.3 Å². The highest BCUT2D eigenvalue weighted by molar-refractivity contribution is 5.87. The Morgan fingerprint density at radius 1 is 1.10 bits per heavy atom.